The lowest BCUT2D eigenvalue weighted by atomic mass is 9.70. The Labute approximate surface area is 712 Å². The van der Waals surface area contributed by atoms with Crippen LogP contribution in [0.25, 0.3) is 133 Å². The van der Waals surface area contributed by atoms with Gasteiger partial charge in [-0.25, -0.2) is 0 Å². The summed E-state index contributed by atoms with van der Waals surface area (Å²) in [6.45, 7) is 9.37. The van der Waals surface area contributed by atoms with Gasteiger partial charge in [0.2, 0.25) is 0 Å². The molecule has 0 fully saturated rings. The average Bonchev–Trinajstić information content (AvgIpc) is 1.50. The van der Waals surface area contributed by atoms with Crippen LogP contribution in [0.3, 0.4) is 0 Å². The first-order valence-electron chi connectivity index (χ1n) is 42.0. The predicted molar refractivity (Wildman–Crippen MR) is 505 cm³/mol. The number of nitrogens with zero attached hydrogens (tertiary/aromatic N) is 1. The van der Waals surface area contributed by atoms with Gasteiger partial charge in [-0.1, -0.05) is 371 Å². The summed E-state index contributed by atoms with van der Waals surface area (Å²) >= 11 is 3.87. The maximum absolute atomic E-state index is 6.82. The summed E-state index contributed by atoms with van der Waals surface area (Å²) in [5, 5.41) is 8.23. The van der Waals surface area contributed by atoms with Gasteiger partial charge in [0.05, 0.1) is 16.5 Å². The molecule has 18 aromatic carbocycles. The average molecular weight is 1610 g/mol. The summed E-state index contributed by atoms with van der Waals surface area (Å²) in [4.78, 5) is 2.51. The first-order chi connectivity index (χ1) is 59.5. The maximum atomic E-state index is 6.82. The van der Waals surface area contributed by atoms with E-state index in [9.17, 15) is 0 Å². The summed E-state index contributed by atoms with van der Waals surface area (Å²) in [6, 6.07) is 146. The fourth-order valence-corrected chi connectivity index (χ4v) is 22.6. The van der Waals surface area contributed by atoms with E-state index < -0.39 is 5.41 Å². The van der Waals surface area contributed by atoms with E-state index in [1.54, 1.807) is 0 Å². The fourth-order valence-electron chi connectivity index (χ4n) is 22.0. The van der Waals surface area contributed by atoms with Crippen LogP contribution >= 0.6 is 15.9 Å². The second kappa shape index (κ2) is 26.8. The molecule has 0 bridgehead atoms. The zero-order valence-electron chi connectivity index (χ0n) is 67.2. The monoisotopic (exact) mass is 1610 g/mol. The van der Waals surface area contributed by atoms with Crippen molar-refractivity contribution in [1.29, 1.82) is 0 Å². The van der Waals surface area contributed by atoms with Crippen molar-refractivity contribution in [3.05, 3.63) is 472 Å². The molecule has 2 atom stereocenters. The number of hydrogen-bond donors (Lipinski definition) is 1. The van der Waals surface area contributed by atoms with E-state index in [4.69, 9.17) is 8.83 Å². The molecular formula is C116H79BrN2O2. The van der Waals surface area contributed by atoms with E-state index in [1.165, 1.54) is 167 Å². The summed E-state index contributed by atoms with van der Waals surface area (Å²) in [5.41, 5.74) is 44.7. The minimum absolute atomic E-state index is 0.0286. The van der Waals surface area contributed by atoms with Crippen LogP contribution in [0.15, 0.2) is 414 Å². The SMILES string of the molecule is Brc1cccc2c1-c1ccccc1C21c2ccccc2-c2c1ccc1c2oc2ccccc21.CC1(C)c2ccccc2-c2ccc(N(c3ccc(-c4ccccc4)cc3)c3cccc4c3-c3ccccc3C43c4ccccc4-c4c3ccc3c4oc4ccccc43)cc21.CC1(C)c2ccccc2-c2ccc(Nc3ccc(-c4ccccc4)cc3)cc21. The largest absolute Gasteiger partial charge is 0.455 e. The number of fused-ring (bicyclic) bond motifs is 34. The van der Waals surface area contributed by atoms with Crippen molar-refractivity contribution in [2.45, 2.75) is 49.4 Å². The third kappa shape index (κ3) is 10.2. The molecular weight excluding hydrogens is 1530 g/mol. The molecule has 2 spiro atoms. The first-order valence-corrected chi connectivity index (χ1v) is 42.8. The molecule has 6 aliphatic carbocycles. The standard InChI is InChI=1S/C58H39NO.C31H17BrO.C27H23N/c1-57(2)46-21-10-6-17-40(46)41-32-31-39(35-51(41)57)59(38-29-27-37(28-30-38)36-15-4-3-5-16-36)52-25-14-24-49-54(52)44-19-7-11-22-47(44)58(49)48-23-12-8-20-45(48)55-50(58)34-33-43-42-18-9-13-26-53(42)60-56(43)55;32-26-14-7-13-24-28(26)20-9-1-4-11-22(20)31(24)23-12-5-2-10-21(23)29-25(31)17-16-19-18-8-3-6-15-27(18)33-30(19)29;1-27(2)25-11-7-6-10-23(25)24-17-16-22(18-26(24)27)28-21-14-12-20(13-15-21)19-8-4-3-5-9-19/h3-35H,1-2H3;1-17H;3-18,28H,1-2H3. The molecule has 20 aromatic rings. The zero-order valence-corrected chi connectivity index (χ0v) is 68.8. The topological polar surface area (TPSA) is 41.6 Å². The van der Waals surface area contributed by atoms with Gasteiger partial charge in [-0.05, 0) is 206 Å². The number of anilines is 5. The number of benzene rings is 18. The molecule has 0 saturated carbocycles. The number of hydrogen-bond acceptors (Lipinski definition) is 4. The lowest BCUT2D eigenvalue weighted by Crippen LogP contribution is -2.26. The zero-order chi connectivity index (χ0) is 80.6. The molecule has 572 valence electrons. The van der Waals surface area contributed by atoms with Crippen LogP contribution in [0, 0.1) is 0 Å². The van der Waals surface area contributed by atoms with Crippen LogP contribution in [0.5, 0.6) is 0 Å². The Morgan fingerprint density at radius 2 is 0.595 bits per heavy atom. The first kappa shape index (κ1) is 70.8. The molecule has 0 saturated heterocycles. The van der Waals surface area contributed by atoms with E-state index in [0.717, 1.165) is 66.0 Å². The van der Waals surface area contributed by atoms with Crippen LogP contribution < -0.4 is 10.2 Å². The number of halogens is 1. The number of furan rings is 2. The van der Waals surface area contributed by atoms with Gasteiger partial charge < -0.3 is 19.1 Å². The van der Waals surface area contributed by atoms with Crippen LogP contribution in [0.4, 0.5) is 28.4 Å². The summed E-state index contributed by atoms with van der Waals surface area (Å²) in [5.74, 6) is 0. The second-order valence-electron chi connectivity index (χ2n) is 34.1. The van der Waals surface area contributed by atoms with Crippen molar-refractivity contribution in [3.8, 4) is 89.0 Å². The second-order valence-corrected chi connectivity index (χ2v) is 35.0. The van der Waals surface area contributed by atoms with Crippen molar-refractivity contribution in [1.82, 2.24) is 0 Å². The lowest BCUT2D eigenvalue weighted by Gasteiger charge is -2.32. The Morgan fingerprint density at radius 3 is 1.11 bits per heavy atom. The van der Waals surface area contributed by atoms with E-state index in [0.29, 0.717) is 0 Å². The highest BCUT2D eigenvalue weighted by Crippen LogP contribution is 2.68. The molecule has 6 aliphatic rings. The Balaban J connectivity index is 0.000000114. The molecule has 5 heteroatoms. The molecule has 0 amide bonds. The van der Waals surface area contributed by atoms with Crippen LogP contribution in [-0.4, -0.2) is 0 Å². The molecule has 1 N–H and O–H groups in total. The van der Waals surface area contributed by atoms with Gasteiger partial charge in [0.25, 0.3) is 0 Å². The third-order valence-electron chi connectivity index (χ3n) is 27.3. The van der Waals surface area contributed by atoms with Gasteiger partial charge in [0.1, 0.15) is 22.3 Å². The summed E-state index contributed by atoms with van der Waals surface area (Å²) < 4.78 is 14.5. The number of nitrogens with one attached hydrogen (secondary N) is 1. The predicted octanol–water partition coefficient (Wildman–Crippen LogP) is 31.5. The summed E-state index contributed by atoms with van der Waals surface area (Å²) in [7, 11) is 0. The van der Waals surface area contributed by atoms with Gasteiger partial charge in [0.15, 0.2) is 0 Å². The van der Waals surface area contributed by atoms with Gasteiger partial charge in [-0.3, -0.25) is 0 Å². The Hall–Kier alpha value is -14.4. The molecule has 4 nitrogen and oxygen atoms in total. The maximum Gasteiger partial charge on any atom is 0.143 e. The highest BCUT2D eigenvalue weighted by molar-refractivity contribution is 9.10. The highest BCUT2D eigenvalue weighted by Gasteiger charge is 2.55. The van der Waals surface area contributed by atoms with Crippen molar-refractivity contribution in [2.24, 2.45) is 0 Å². The van der Waals surface area contributed by atoms with Crippen LogP contribution in [-0.2, 0) is 21.7 Å². The minimum Gasteiger partial charge on any atom is -0.455 e. The lowest BCUT2D eigenvalue weighted by molar-refractivity contribution is 0.660. The highest BCUT2D eigenvalue weighted by atomic mass is 79.9. The van der Waals surface area contributed by atoms with E-state index in [1.807, 2.05) is 12.1 Å². The van der Waals surface area contributed by atoms with Crippen molar-refractivity contribution < 1.29 is 8.83 Å². The smallest absolute Gasteiger partial charge is 0.143 e. The van der Waals surface area contributed by atoms with E-state index >= 15 is 0 Å². The molecule has 121 heavy (non-hydrogen) atoms. The Morgan fingerprint density at radius 1 is 0.240 bits per heavy atom. The summed E-state index contributed by atoms with van der Waals surface area (Å²) in [6.07, 6.45) is 0. The normalized spacial score (nSPS) is 15.8. The molecule has 2 unspecified atom stereocenters. The van der Waals surface area contributed by atoms with Crippen molar-refractivity contribution in [3.63, 3.8) is 0 Å². The van der Waals surface area contributed by atoms with Gasteiger partial charge in [-0.2, -0.15) is 0 Å². The number of rotatable bonds is 7. The fraction of sp³-hybridized carbons (Fsp3) is 0.0690. The molecule has 0 radical (unpaired) electrons. The molecule has 2 heterocycles. The van der Waals surface area contributed by atoms with Gasteiger partial charge >= 0.3 is 0 Å². The number of para-hydroxylation sites is 2. The Bertz CT molecular complexity index is 7700. The van der Waals surface area contributed by atoms with Crippen molar-refractivity contribution in [2.75, 3.05) is 10.2 Å². The Kier molecular flexibility index (Phi) is 15.7. The quantitative estimate of drug-likeness (QED) is 0.173. The van der Waals surface area contributed by atoms with Crippen LogP contribution in [0.1, 0.15) is 94.5 Å². The molecule has 0 aliphatic heterocycles. The molecule has 26 rings (SSSR count). The van der Waals surface area contributed by atoms with Gasteiger partial charge in [-0.15, -0.1) is 0 Å². The van der Waals surface area contributed by atoms with Gasteiger partial charge in [0, 0.05) is 81.9 Å². The molecule has 2 aromatic heterocycles. The van der Waals surface area contributed by atoms with Crippen LogP contribution in [0.2, 0.25) is 0 Å². The third-order valence-corrected chi connectivity index (χ3v) is 28.0. The van der Waals surface area contributed by atoms with Crippen molar-refractivity contribution >= 4 is 88.2 Å². The van der Waals surface area contributed by atoms with E-state index in [2.05, 4.69) is 442 Å². The minimum atomic E-state index is -0.536. The van der Waals surface area contributed by atoms with E-state index in [-0.39, 0.29) is 16.2 Å².